The van der Waals surface area contributed by atoms with Crippen LogP contribution in [0.2, 0.25) is 0 Å². The Balaban J connectivity index is 2.93. The third kappa shape index (κ3) is 9.71. The lowest BCUT2D eigenvalue weighted by Gasteiger charge is -2.23. The van der Waals surface area contributed by atoms with Crippen LogP contribution in [0.1, 0.15) is 32.4 Å². The van der Waals surface area contributed by atoms with Crippen LogP contribution in [0.3, 0.4) is 0 Å². The molecule has 1 rings (SSSR count). The molecule has 1 heterocycles. The van der Waals surface area contributed by atoms with E-state index < -0.39 is 60.7 Å². The molecule has 0 aliphatic rings. The Morgan fingerprint density at radius 1 is 1.10 bits per heavy atom. The fraction of sp³-hybridized carbons (Fsp3) is 0.556. The number of carbonyl (C=O) groups is 5. The summed E-state index contributed by atoms with van der Waals surface area (Å²) in [6.07, 6.45) is 2.60. The van der Waals surface area contributed by atoms with E-state index in [2.05, 4.69) is 25.9 Å². The molecule has 31 heavy (non-hydrogen) atoms. The number of carboxylic acids is 1. The van der Waals surface area contributed by atoms with Gasteiger partial charge in [0.25, 0.3) is 0 Å². The van der Waals surface area contributed by atoms with Crippen molar-refractivity contribution in [3.05, 3.63) is 18.2 Å². The summed E-state index contributed by atoms with van der Waals surface area (Å²) < 4.78 is 0. The number of nitrogens with two attached hydrogens (primary N) is 2. The van der Waals surface area contributed by atoms with Gasteiger partial charge in [-0.15, -0.1) is 0 Å². The molecule has 0 aromatic carbocycles. The lowest BCUT2D eigenvalue weighted by atomic mass is 10.0. The van der Waals surface area contributed by atoms with Crippen molar-refractivity contribution in [3.63, 3.8) is 0 Å². The van der Waals surface area contributed by atoms with Gasteiger partial charge in [-0.2, -0.15) is 0 Å². The molecule has 0 fully saturated rings. The number of nitrogens with zero attached hydrogens (tertiary/aromatic N) is 1. The van der Waals surface area contributed by atoms with Crippen LogP contribution in [0.5, 0.6) is 0 Å². The Morgan fingerprint density at radius 3 is 2.26 bits per heavy atom. The number of carbonyl (C=O) groups excluding carboxylic acids is 4. The second-order valence-electron chi connectivity index (χ2n) is 7.42. The van der Waals surface area contributed by atoms with Crippen molar-refractivity contribution in [3.8, 4) is 0 Å². The van der Waals surface area contributed by atoms with Gasteiger partial charge in [0.15, 0.2) is 0 Å². The zero-order chi connectivity index (χ0) is 23.6. The van der Waals surface area contributed by atoms with Crippen LogP contribution in [-0.4, -0.2) is 69.3 Å². The van der Waals surface area contributed by atoms with Gasteiger partial charge in [-0.25, -0.2) is 4.98 Å². The van der Waals surface area contributed by atoms with E-state index in [0.717, 1.165) is 0 Å². The Morgan fingerprint density at radius 2 is 1.74 bits per heavy atom. The van der Waals surface area contributed by atoms with Crippen LogP contribution in [0, 0.1) is 5.92 Å². The van der Waals surface area contributed by atoms with Crippen LogP contribution >= 0.6 is 0 Å². The molecule has 0 spiro atoms. The monoisotopic (exact) mass is 439 g/mol. The Hall–Kier alpha value is -3.48. The molecular formula is C18H29N7O6. The van der Waals surface area contributed by atoms with E-state index in [1.807, 2.05) is 13.8 Å². The number of aromatic amines is 1. The first-order valence-corrected chi connectivity index (χ1v) is 9.61. The maximum atomic E-state index is 12.7. The molecule has 0 aliphatic carbocycles. The highest BCUT2D eigenvalue weighted by atomic mass is 16.4. The fourth-order valence-electron chi connectivity index (χ4n) is 2.69. The van der Waals surface area contributed by atoms with Crippen molar-refractivity contribution in [2.75, 3.05) is 6.54 Å². The molecule has 0 bridgehead atoms. The Labute approximate surface area is 178 Å². The summed E-state index contributed by atoms with van der Waals surface area (Å²) in [6.45, 7) is 3.09. The van der Waals surface area contributed by atoms with Crippen molar-refractivity contribution < 1.29 is 29.1 Å². The average molecular weight is 439 g/mol. The quantitative estimate of drug-likeness (QED) is 0.172. The topological polar surface area (TPSA) is 222 Å². The number of rotatable bonds is 13. The molecule has 13 heteroatoms. The van der Waals surface area contributed by atoms with Crippen molar-refractivity contribution in [1.82, 2.24) is 25.9 Å². The molecule has 1 aromatic heterocycles. The van der Waals surface area contributed by atoms with Gasteiger partial charge in [-0.05, 0) is 12.3 Å². The molecule has 0 saturated carbocycles. The lowest BCUT2D eigenvalue weighted by molar-refractivity contribution is -0.138. The first-order chi connectivity index (χ1) is 14.5. The third-order valence-electron chi connectivity index (χ3n) is 4.13. The van der Waals surface area contributed by atoms with Crippen molar-refractivity contribution in [1.29, 1.82) is 0 Å². The summed E-state index contributed by atoms with van der Waals surface area (Å²) in [7, 11) is 0. The lowest BCUT2D eigenvalue weighted by Crippen LogP contribution is -2.57. The molecule has 0 radical (unpaired) electrons. The molecule has 0 aliphatic heterocycles. The summed E-state index contributed by atoms with van der Waals surface area (Å²) in [5.41, 5.74) is 11.5. The van der Waals surface area contributed by atoms with Crippen molar-refractivity contribution in [2.24, 2.45) is 17.4 Å². The number of amides is 4. The van der Waals surface area contributed by atoms with E-state index in [4.69, 9.17) is 16.6 Å². The fourth-order valence-corrected chi connectivity index (χ4v) is 2.69. The molecule has 9 N–H and O–H groups in total. The smallest absolute Gasteiger partial charge is 0.322 e. The van der Waals surface area contributed by atoms with Crippen molar-refractivity contribution >= 4 is 29.6 Å². The number of aromatic nitrogens is 2. The van der Waals surface area contributed by atoms with E-state index in [9.17, 15) is 24.0 Å². The second-order valence-corrected chi connectivity index (χ2v) is 7.42. The number of carboxylic acid groups (broad SMARTS) is 1. The summed E-state index contributed by atoms with van der Waals surface area (Å²) in [5, 5.41) is 15.7. The number of hydrogen-bond donors (Lipinski definition) is 7. The average Bonchev–Trinajstić information content (AvgIpc) is 3.17. The minimum absolute atomic E-state index is 0.0404. The molecule has 172 valence electrons. The normalized spacial score (nSPS) is 13.7. The highest BCUT2D eigenvalue weighted by Crippen LogP contribution is 2.05. The highest BCUT2D eigenvalue weighted by molar-refractivity contribution is 5.95. The minimum Gasteiger partial charge on any atom is -0.480 e. The van der Waals surface area contributed by atoms with Gasteiger partial charge in [0.1, 0.15) is 18.6 Å². The number of aliphatic carboxylic acids is 1. The van der Waals surface area contributed by atoms with Gasteiger partial charge < -0.3 is 37.5 Å². The first kappa shape index (κ1) is 25.6. The zero-order valence-electron chi connectivity index (χ0n) is 17.4. The molecule has 3 unspecified atom stereocenters. The summed E-state index contributed by atoms with van der Waals surface area (Å²) in [5.74, 6) is -4.25. The first-order valence-electron chi connectivity index (χ1n) is 9.61. The van der Waals surface area contributed by atoms with Crippen LogP contribution < -0.4 is 27.4 Å². The predicted molar refractivity (Wildman–Crippen MR) is 108 cm³/mol. The van der Waals surface area contributed by atoms with Gasteiger partial charge >= 0.3 is 5.97 Å². The van der Waals surface area contributed by atoms with Gasteiger partial charge in [0.2, 0.25) is 23.6 Å². The number of primary amides is 1. The van der Waals surface area contributed by atoms with Crippen molar-refractivity contribution in [2.45, 2.75) is 51.2 Å². The molecule has 13 nitrogen and oxygen atoms in total. The minimum atomic E-state index is -1.36. The molecule has 1 aromatic rings. The van der Waals surface area contributed by atoms with E-state index >= 15 is 0 Å². The van der Waals surface area contributed by atoms with Gasteiger partial charge in [-0.1, -0.05) is 13.8 Å². The van der Waals surface area contributed by atoms with Gasteiger partial charge in [0, 0.05) is 18.3 Å². The zero-order valence-corrected chi connectivity index (χ0v) is 17.4. The Kier molecular flexibility index (Phi) is 10.1. The van der Waals surface area contributed by atoms with Crippen LogP contribution in [-0.2, 0) is 30.4 Å². The molecule has 4 amide bonds. The van der Waals surface area contributed by atoms with E-state index in [1.54, 1.807) is 0 Å². The van der Waals surface area contributed by atoms with Crippen LogP contribution in [0.15, 0.2) is 12.5 Å². The number of hydrogen-bond acceptors (Lipinski definition) is 7. The predicted octanol–water partition coefficient (Wildman–Crippen LogP) is -2.63. The van der Waals surface area contributed by atoms with E-state index in [-0.39, 0.29) is 12.3 Å². The van der Waals surface area contributed by atoms with Crippen LogP contribution in [0.25, 0.3) is 0 Å². The highest BCUT2D eigenvalue weighted by Gasteiger charge is 2.30. The van der Waals surface area contributed by atoms with E-state index in [1.165, 1.54) is 12.5 Å². The number of nitrogens with one attached hydrogen (secondary N) is 4. The molecule has 3 atom stereocenters. The summed E-state index contributed by atoms with van der Waals surface area (Å²) in [6, 6.07) is -3.47. The van der Waals surface area contributed by atoms with Crippen LogP contribution in [0.4, 0.5) is 0 Å². The third-order valence-corrected chi connectivity index (χ3v) is 4.13. The second kappa shape index (κ2) is 12.3. The van der Waals surface area contributed by atoms with E-state index in [0.29, 0.717) is 12.1 Å². The largest absolute Gasteiger partial charge is 0.480 e. The summed E-state index contributed by atoms with van der Waals surface area (Å²) >= 11 is 0. The summed E-state index contributed by atoms with van der Waals surface area (Å²) in [4.78, 5) is 66.1. The SMILES string of the molecule is CC(C)CC(N)C(=O)NC(CC(N)=O)C(=O)NC(Cc1cnc[nH]1)C(=O)NCC(=O)O. The standard InChI is InChI=1S/C18H29N7O6/c1-9(2)3-11(19)16(29)24-13(5-14(20)26)18(31)25-12(4-10-6-21-8-23-10)17(30)22-7-15(27)28/h6,8-9,11-13H,3-5,7,19H2,1-2H3,(H2,20,26)(H,21,23)(H,22,30)(H,24,29)(H,25,31)(H,27,28). The maximum absolute atomic E-state index is 12.7. The molecule has 0 saturated heterocycles. The van der Waals surface area contributed by atoms with Gasteiger partial charge in [-0.3, -0.25) is 24.0 Å². The Bertz CT molecular complexity index is 780. The van der Waals surface area contributed by atoms with Gasteiger partial charge in [0.05, 0.1) is 18.8 Å². The number of H-pyrrole nitrogens is 1. The molecular weight excluding hydrogens is 410 g/mol. The maximum Gasteiger partial charge on any atom is 0.322 e. The number of imidazole rings is 1.